The highest BCUT2D eigenvalue weighted by atomic mass is 16.2. The predicted molar refractivity (Wildman–Crippen MR) is 90.8 cm³/mol. The number of H-pyrrole nitrogens is 1. The zero-order valence-corrected chi connectivity index (χ0v) is 13.7. The van der Waals surface area contributed by atoms with Gasteiger partial charge in [-0.3, -0.25) is 4.79 Å². The Hall–Kier alpha value is -1.88. The summed E-state index contributed by atoms with van der Waals surface area (Å²) in [5.41, 5.74) is 7.83. The highest BCUT2D eigenvalue weighted by Gasteiger charge is 2.27. The van der Waals surface area contributed by atoms with Gasteiger partial charge in [-0.15, -0.1) is 0 Å². The van der Waals surface area contributed by atoms with Crippen molar-refractivity contribution in [3.63, 3.8) is 0 Å². The first-order valence-electron chi connectivity index (χ1n) is 8.05. The number of nitrogens with two attached hydrogens (primary N) is 1. The minimum atomic E-state index is -0.843. The second-order valence-corrected chi connectivity index (χ2v) is 6.14. The number of aromatic nitrogens is 2. The summed E-state index contributed by atoms with van der Waals surface area (Å²) >= 11 is 0. The predicted octanol–water partition coefficient (Wildman–Crippen LogP) is 3.36. The molecule has 1 aromatic carbocycles. The van der Waals surface area contributed by atoms with Gasteiger partial charge in [0.15, 0.2) is 0 Å². The van der Waals surface area contributed by atoms with Crippen molar-refractivity contribution in [2.75, 3.05) is 5.32 Å². The molecule has 4 N–H and O–H groups in total. The van der Waals surface area contributed by atoms with Crippen molar-refractivity contribution < 1.29 is 4.79 Å². The van der Waals surface area contributed by atoms with E-state index in [9.17, 15) is 4.79 Å². The zero-order chi connectivity index (χ0) is 16.2. The molecule has 5 heteroatoms. The fraction of sp³-hybridized carbons (Fsp3) is 0.529. The lowest BCUT2D eigenvalue weighted by atomic mass is 9.96. The van der Waals surface area contributed by atoms with Crippen LogP contribution in [0.1, 0.15) is 52.3 Å². The first-order valence-corrected chi connectivity index (χ1v) is 8.05. The Balaban J connectivity index is 2.13. The lowest BCUT2D eigenvalue weighted by Crippen LogP contribution is -2.48. The number of fused-ring (bicyclic) bond motifs is 1. The average Bonchev–Trinajstić information content (AvgIpc) is 2.87. The molecule has 0 aliphatic heterocycles. The summed E-state index contributed by atoms with van der Waals surface area (Å²) in [6, 6.07) is 5.70. The van der Waals surface area contributed by atoms with Gasteiger partial charge in [-0.1, -0.05) is 26.7 Å². The van der Waals surface area contributed by atoms with E-state index in [0.717, 1.165) is 48.2 Å². The van der Waals surface area contributed by atoms with Crippen molar-refractivity contribution in [1.29, 1.82) is 0 Å². The summed E-state index contributed by atoms with van der Waals surface area (Å²) in [6.45, 7) is 5.95. The second kappa shape index (κ2) is 6.92. The summed E-state index contributed by atoms with van der Waals surface area (Å²) in [4.78, 5) is 20.1. The van der Waals surface area contributed by atoms with E-state index in [1.165, 1.54) is 0 Å². The fourth-order valence-electron chi connectivity index (χ4n) is 2.51. The number of imidazole rings is 1. The van der Waals surface area contributed by atoms with Gasteiger partial charge in [0.2, 0.25) is 5.91 Å². The van der Waals surface area contributed by atoms with Crippen LogP contribution in [-0.4, -0.2) is 21.4 Å². The van der Waals surface area contributed by atoms with Gasteiger partial charge >= 0.3 is 0 Å². The maximum Gasteiger partial charge on any atom is 0.244 e. The molecule has 0 aliphatic carbocycles. The number of nitrogens with one attached hydrogen (secondary N) is 2. The molecule has 0 radical (unpaired) electrons. The number of anilines is 1. The minimum absolute atomic E-state index is 0.153. The van der Waals surface area contributed by atoms with E-state index in [-0.39, 0.29) is 5.91 Å². The standard InChI is InChI=1S/C17H26N4O/c1-4-6-7-15-20-13-9-8-12(11-14(13)21-15)19-16(22)17(3,18)10-5-2/h8-9,11H,4-7,10,18H2,1-3H3,(H,19,22)(H,20,21). The summed E-state index contributed by atoms with van der Waals surface area (Å²) in [6.07, 6.45) is 4.74. The Morgan fingerprint density at radius 2 is 2.14 bits per heavy atom. The molecule has 0 saturated heterocycles. The maximum absolute atomic E-state index is 12.2. The Morgan fingerprint density at radius 1 is 1.36 bits per heavy atom. The number of amides is 1. The number of aromatic amines is 1. The third-order valence-electron chi connectivity index (χ3n) is 3.84. The van der Waals surface area contributed by atoms with Gasteiger partial charge in [-0.05, 0) is 38.0 Å². The quantitative estimate of drug-likeness (QED) is 0.733. The van der Waals surface area contributed by atoms with Crippen molar-refractivity contribution in [3.8, 4) is 0 Å². The van der Waals surface area contributed by atoms with E-state index in [2.05, 4.69) is 22.2 Å². The third-order valence-corrected chi connectivity index (χ3v) is 3.84. The van der Waals surface area contributed by atoms with Gasteiger partial charge in [0, 0.05) is 12.1 Å². The Labute approximate surface area is 131 Å². The van der Waals surface area contributed by atoms with Crippen LogP contribution in [0, 0.1) is 0 Å². The summed E-state index contributed by atoms with van der Waals surface area (Å²) in [7, 11) is 0. The topological polar surface area (TPSA) is 83.8 Å². The number of hydrogen-bond acceptors (Lipinski definition) is 3. The summed E-state index contributed by atoms with van der Waals surface area (Å²) in [5, 5.41) is 2.90. The van der Waals surface area contributed by atoms with Crippen LogP contribution in [0.5, 0.6) is 0 Å². The number of hydrogen-bond donors (Lipinski definition) is 3. The van der Waals surface area contributed by atoms with E-state index in [0.29, 0.717) is 6.42 Å². The minimum Gasteiger partial charge on any atom is -0.342 e. The fourth-order valence-corrected chi connectivity index (χ4v) is 2.51. The summed E-state index contributed by atoms with van der Waals surface area (Å²) < 4.78 is 0. The van der Waals surface area contributed by atoms with E-state index < -0.39 is 5.54 Å². The third kappa shape index (κ3) is 3.85. The van der Waals surface area contributed by atoms with Crippen LogP contribution in [0.25, 0.3) is 11.0 Å². The number of carbonyl (C=O) groups is 1. The van der Waals surface area contributed by atoms with Crippen molar-refractivity contribution >= 4 is 22.6 Å². The molecule has 0 aliphatic rings. The normalized spacial score (nSPS) is 14.0. The molecule has 1 unspecified atom stereocenters. The molecule has 1 atom stereocenters. The molecular formula is C17H26N4O. The van der Waals surface area contributed by atoms with E-state index in [1.807, 2.05) is 25.1 Å². The SMILES string of the molecule is CCCCc1nc2ccc(NC(=O)C(C)(N)CCC)cc2[nH]1. The molecule has 1 aromatic heterocycles. The molecule has 2 rings (SSSR count). The number of aryl methyl sites for hydroxylation is 1. The van der Waals surface area contributed by atoms with Crippen LogP contribution in [0.15, 0.2) is 18.2 Å². The molecular weight excluding hydrogens is 276 g/mol. The Bertz CT molecular complexity index is 645. The molecule has 1 heterocycles. The van der Waals surface area contributed by atoms with E-state index in [4.69, 9.17) is 5.73 Å². The Kier molecular flexibility index (Phi) is 5.19. The van der Waals surface area contributed by atoms with Gasteiger partial charge < -0.3 is 16.0 Å². The highest BCUT2D eigenvalue weighted by molar-refractivity contribution is 5.98. The molecule has 120 valence electrons. The molecule has 0 spiro atoms. The van der Waals surface area contributed by atoms with Crippen LogP contribution in [0.4, 0.5) is 5.69 Å². The number of carbonyl (C=O) groups excluding carboxylic acids is 1. The molecule has 2 aromatic rings. The first-order chi connectivity index (χ1) is 10.5. The van der Waals surface area contributed by atoms with Gasteiger partial charge in [-0.2, -0.15) is 0 Å². The Morgan fingerprint density at radius 3 is 2.82 bits per heavy atom. The van der Waals surface area contributed by atoms with Gasteiger partial charge in [0.05, 0.1) is 16.6 Å². The van der Waals surface area contributed by atoms with Gasteiger partial charge in [0.25, 0.3) is 0 Å². The van der Waals surface area contributed by atoms with E-state index >= 15 is 0 Å². The van der Waals surface area contributed by atoms with Crippen molar-refractivity contribution in [3.05, 3.63) is 24.0 Å². The zero-order valence-electron chi connectivity index (χ0n) is 13.7. The number of unbranched alkanes of at least 4 members (excludes halogenated alkanes) is 1. The van der Waals surface area contributed by atoms with E-state index in [1.54, 1.807) is 6.92 Å². The number of benzene rings is 1. The molecule has 1 amide bonds. The van der Waals surface area contributed by atoms with Crippen molar-refractivity contribution in [2.24, 2.45) is 5.73 Å². The average molecular weight is 302 g/mol. The van der Waals surface area contributed by atoms with Crippen LogP contribution in [0.3, 0.4) is 0 Å². The van der Waals surface area contributed by atoms with Crippen molar-refractivity contribution in [1.82, 2.24) is 9.97 Å². The lowest BCUT2D eigenvalue weighted by Gasteiger charge is -2.22. The van der Waals surface area contributed by atoms with Crippen molar-refractivity contribution in [2.45, 2.75) is 58.4 Å². The monoisotopic (exact) mass is 302 g/mol. The maximum atomic E-state index is 12.2. The van der Waals surface area contributed by atoms with Crippen LogP contribution < -0.4 is 11.1 Å². The summed E-state index contributed by atoms with van der Waals surface area (Å²) in [5.74, 6) is 0.842. The second-order valence-electron chi connectivity index (χ2n) is 6.14. The first kappa shape index (κ1) is 16.5. The van der Waals surface area contributed by atoms with Gasteiger partial charge in [-0.25, -0.2) is 4.98 Å². The number of rotatable bonds is 7. The van der Waals surface area contributed by atoms with Crippen LogP contribution in [0.2, 0.25) is 0 Å². The molecule has 0 bridgehead atoms. The lowest BCUT2D eigenvalue weighted by molar-refractivity contribution is -0.120. The number of nitrogens with zero attached hydrogens (tertiary/aromatic N) is 1. The molecule has 0 saturated carbocycles. The highest BCUT2D eigenvalue weighted by Crippen LogP contribution is 2.20. The molecule has 22 heavy (non-hydrogen) atoms. The van der Waals surface area contributed by atoms with Crippen LogP contribution >= 0.6 is 0 Å². The van der Waals surface area contributed by atoms with Gasteiger partial charge in [0.1, 0.15) is 5.82 Å². The largest absolute Gasteiger partial charge is 0.342 e. The van der Waals surface area contributed by atoms with Crippen LogP contribution in [-0.2, 0) is 11.2 Å². The smallest absolute Gasteiger partial charge is 0.244 e. The molecule has 0 fully saturated rings. The molecule has 5 nitrogen and oxygen atoms in total.